The molecule has 0 amide bonds. The van der Waals surface area contributed by atoms with Gasteiger partial charge in [-0.2, -0.15) is 0 Å². The van der Waals surface area contributed by atoms with Crippen molar-refractivity contribution in [3.05, 3.63) is 29.0 Å². The molecule has 2 rings (SSSR count). The van der Waals surface area contributed by atoms with Gasteiger partial charge in [-0.05, 0) is 18.1 Å². The Labute approximate surface area is 80.4 Å². The predicted octanol–water partition coefficient (Wildman–Crippen LogP) is 1.92. The van der Waals surface area contributed by atoms with Crippen molar-refractivity contribution in [3.8, 4) is 0 Å². The monoisotopic (exact) mass is 197 g/mol. The fraction of sp³-hybridized carbons (Fsp3) is 0.333. The van der Waals surface area contributed by atoms with Crippen molar-refractivity contribution in [2.24, 2.45) is 5.92 Å². The SMILES string of the molecule is O=C(O)[C@@H]1C[C@H]1c1cccnc1Cl. The minimum Gasteiger partial charge on any atom is -0.481 e. The predicted molar refractivity (Wildman–Crippen MR) is 47.7 cm³/mol. The highest BCUT2D eigenvalue weighted by Gasteiger charge is 2.45. The molecule has 1 aromatic rings. The number of carboxylic acid groups (broad SMARTS) is 1. The molecular weight excluding hydrogens is 190 g/mol. The summed E-state index contributed by atoms with van der Waals surface area (Å²) in [7, 11) is 0. The fourth-order valence-electron chi connectivity index (χ4n) is 1.49. The largest absolute Gasteiger partial charge is 0.481 e. The van der Waals surface area contributed by atoms with Crippen molar-refractivity contribution in [2.45, 2.75) is 12.3 Å². The summed E-state index contributed by atoms with van der Waals surface area (Å²) < 4.78 is 0. The van der Waals surface area contributed by atoms with Crippen LogP contribution in [0.25, 0.3) is 0 Å². The highest BCUT2D eigenvalue weighted by molar-refractivity contribution is 6.30. The molecule has 0 bridgehead atoms. The van der Waals surface area contributed by atoms with Crippen molar-refractivity contribution in [1.82, 2.24) is 4.98 Å². The molecule has 1 heterocycles. The molecule has 1 fully saturated rings. The molecule has 0 spiro atoms. The second-order valence-electron chi connectivity index (χ2n) is 3.17. The Bertz CT molecular complexity index is 353. The van der Waals surface area contributed by atoms with Gasteiger partial charge in [0.25, 0.3) is 0 Å². The fourth-order valence-corrected chi connectivity index (χ4v) is 1.75. The molecule has 1 saturated carbocycles. The van der Waals surface area contributed by atoms with Gasteiger partial charge in [0.15, 0.2) is 0 Å². The van der Waals surface area contributed by atoms with Crippen molar-refractivity contribution in [3.63, 3.8) is 0 Å². The molecule has 0 saturated heterocycles. The van der Waals surface area contributed by atoms with Crippen LogP contribution < -0.4 is 0 Å². The molecule has 13 heavy (non-hydrogen) atoms. The molecule has 2 atom stereocenters. The third-order valence-electron chi connectivity index (χ3n) is 2.30. The number of pyridine rings is 1. The molecule has 1 aliphatic carbocycles. The molecule has 0 aliphatic heterocycles. The zero-order valence-electron chi connectivity index (χ0n) is 6.77. The van der Waals surface area contributed by atoms with Crippen molar-refractivity contribution >= 4 is 17.6 Å². The van der Waals surface area contributed by atoms with E-state index >= 15 is 0 Å². The average molecular weight is 198 g/mol. The normalized spacial score (nSPS) is 25.6. The molecule has 1 aliphatic rings. The van der Waals surface area contributed by atoms with Crippen molar-refractivity contribution in [1.29, 1.82) is 0 Å². The lowest BCUT2D eigenvalue weighted by Crippen LogP contribution is -1.99. The van der Waals surface area contributed by atoms with Gasteiger partial charge in [-0.15, -0.1) is 0 Å². The van der Waals surface area contributed by atoms with E-state index in [1.165, 1.54) is 0 Å². The Morgan fingerprint density at radius 3 is 3.00 bits per heavy atom. The summed E-state index contributed by atoms with van der Waals surface area (Å²) in [5.41, 5.74) is 0.858. The highest BCUT2D eigenvalue weighted by Crippen LogP contribution is 2.49. The number of rotatable bonds is 2. The van der Waals surface area contributed by atoms with E-state index in [9.17, 15) is 4.79 Å². The molecule has 0 unspecified atom stereocenters. The van der Waals surface area contributed by atoms with E-state index in [0.29, 0.717) is 11.6 Å². The van der Waals surface area contributed by atoms with Gasteiger partial charge in [0.05, 0.1) is 5.92 Å². The van der Waals surface area contributed by atoms with Crippen LogP contribution in [0, 0.1) is 5.92 Å². The number of aliphatic carboxylic acids is 1. The van der Waals surface area contributed by atoms with Gasteiger partial charge in [-0.3, -0.25) is 4.79 Å². The van der Waals surface area contributed by atoms with E-state index in [2.05, 4.69) is 4.98 Å². The highest BCUT2D eigenvalue weighted by atomic mass is 35.5. The molecule has 1 aromatic heterocycles. The quantitative estimate of drug-likeness (QED) is 0.737. The molecule has 68 valence electrons. The Morgan fingerprint density at radius 1 is 1.69 bits per heavy atom. The summed E-state index contributed by atoms with van der Waals surface area (Å²) in [5.74, 6) is -0.940. The van der Waals surface area contributed by atoms with E-state index in [0.717, 1.165) is 5.56 Å². The molecule has 0 radical (unpaired) electrons. The third kappa shape index (κ3) is 1.52. The van der Waals surface area contributed by atoms with Crippen LogP contribution in [0.5, 0.6) is 0 Å². The lowest BCUT2D eigenvalue weighted by Gasteiger charge is -1.99. The van der Waals surface area contributed by atoms with Crippen LogP contribution in [0.2, 0.25) is 5.15 Å². The minimum atomic E-state index is -0.745. The van der Waals surface area contributed by atoms with E-state index < -0.39 is 5.97 Å². The number of carbonyl (C=O) groups is 1. The van der Waals surface area contributed by atoms with Gasteiger partial charge >= 0.3 is 5.97 Å². The third-order valence-corrected chi connectivity index (χ3v) is 2.61. The van der Waals surface area contributed by atoms with E-state index in [-0.39, 0.29) is 11.8 Å². The van der Waals surface area contributed by atoms with Crippen LogP contribution in [-0.4, -0.2) is 16.1 Å². The Morgan fingerprint density at radius 2 is 2.46 bits per heavy atom. The summed E-state index contributed by atoms with van der Waals surface area (Å²) in [6.07, 6.45) is 2.28. The smallest absolute Gasteiger partial charge is 0.307 e. The number of carboxylic acids is 1. The minimum absolute atomic E-state index is 0.0682. The zero-order chi connectivity index (χ0) is 9.42. The summed E-state index contributed by atoms with van der Waals surface area (Å²) >= 11 is 5.83. The number of hydrogen-bond donors (Lipinski definition) is 1. The molecule has 4 heteroatoms. The van der Waals surface area contributed by atoms with Crippen molar-refractivity contribution < 1.29 is 9.90 Å². The first-order valence-corrected chi connectivity index (χ1v) is 4.41. The van der Waals surface area contributed by atoms with Gasteiger partial charge in [-0.25, -0.2) is 4.98 Å². The van der Waals surface area contributed by atoms with Crippen LogP contribution in [-0.2, 0) is 4.79 Å². The molecule has 3 nitrogen and oxygen atoms in total. The first-order chi connectivity index (χ1) is 6.20. The summed E-state index contributed by atoms with van der Waals surface area (Å²) in [6, 6.07) is 3.61. The summed E-state index contributed by atoms with van der Waals surface area (Å²) in [6.45, 7) is 0. The van der Waals surface area contributed by atoms with Crippen LogP contribution in [0.4, 0.5) is 0 Å². The Hall–Kier alpha value is -1.09. The maximum Gasteiger partial charge on any atom is 0.307 e. The van der Waals surface area contributed by atoms with Crippen LogP contribution in [0.1, 0.15) is 17.9 Å². The maximum absolute atomic E-state index is 10.6. The van der Waals surface area contributed by atoms with Crippen LogP contribution in [0.15, 0.2) is 18.3 Å². The van der Waals surface area contributed by atoms with Crippen LogP contribution in [0.3, 0.4) is 0 Å². The topological polar surface area (TPSA) is 50.2 Å². The first kappa shape index (κ1) is 8.51. The Balaban J connectivity index is 2.21. The van der Waals surface area contributed by atoms with Gasteiger partial charge in [0.2, 0.25) is 0 Å². The maximum atomic E-state index is 10.6. The van der Waals surface area contributed by atoms with Crippen LogP contribution >= 0.6 is 11.6 Å². The lowest BCUT2D eigenvalue weighted by atomic mass is 10.1. The first-order valence-electron chi connectivity index (χ1n) is 4.03. The second-order valence-corrected chi connectivity index (χ2v) is 3.53. The standard InChI is InChI=1S/C9H8ClNO2/c10-8-5(2-1-3-11-8)6-4-7(6)9(12)13/h1-3,6-7H,4H2,(H,12,13)/t6-,7+/m0/s1. The molecular formula is C9H8ClNO2. The van der Waals surface area contributed by atoms with Gasteiger partial charge in [0, 0.05) is 12.1 Å². The number of halogens is 1. The van der Waals surface area contributed by atoms with E-state index in [1.54, 1.807) is 12.3 Å². The van der Waals surface area contributed by atoms with E-state index in [4.69, 9.17) is 16.7 Å². The molecule has 0 aromatic carbocycles. The molecule has 1 N–H and O–H groups in total. The summed E-state index contributed by atoms with van der Waals surface area (Å²) in [5, 5.41) is 9.14. The Kier molecular flexibility index (Phi) is 1.96. The van der Waals surface area contributed by atoms with Gasteiger partial charge in [-0.1, -0.05) is 17.7 Å². The summed E-state index contributed by atoms with van der Waals surface area (Å²) in [4.78, 5) is 14.5. The van der Waals surface area contributed by atoms with Gasteiger partial charge in [0.1, 0.15) is 5.15 Å². The van der Waals surface area contributed by atoms with E-state index in [1.807, 2.05) is 6.07 Å². The zero-order valence-corrected chi connectivity index (χ0v) is 7.53. The number of aromatic nitrogens is 1. The number of nitrogens with zero attached hydrogens (tertiary/aromatic N) is 1. The second kappa shape index (κ2) is 3.00. The average Bonchev–Trinajstić information content (AvgIpc) is 2.84. The van der Waals surface area contributed by atoms with Gasteiger partial charge < -0.3 is 5.11 Å². The lowest BCUT2D eigenvalue weighted by molar-refractivity contribution is -0.138. The van der Waals surface area contributed by atoms with Crippen molar-refractivity contribution in [2.75, 3.05) is 0 Å². The number of hydrogen-bond acceptors (Lipinski definition) is 2.